The topological polar surface area (TPSA) is 38.3 Å². The first-order valence-electron chi connectivity index (χ1n) is 8.05. The first-order chi connectivity index (χ1) is 12.2. The summed E-state index contributed by atoms with van der Waals surface area (Å²) in [5.74, 6) is -0.155. The molecule has 124 valence electrons. The van der Waals surface area contributed by atoms with E-state index in [1.807, 2.05) is 78.9 Å². The van der Waals surface area contributed by atoms with Crippen molar-refractivity contribution in [1.29, 1.82) is 0 Å². The number of carbonyl (C=O) groups is 1. The minimum Gasteiger partial charge on any atom is -0.351 e. The number of fused-ring (bicyclic) bond motifs is 1. The van der Waals surface area contributed by atoms with Crippen LogP contribution in [-0.4, -0.2) is 12.5 Å². The minimum atomic E-state index is -0.860. The van der Waals surface area contributed by atoms with Crippen LogP contribution in [0.5, 0.6) is 0 Å². The van der Waals surface area contributed by atoms with Crippen molar-refractivity contribution in [2.45, 2.75) is 5.60 Å². The standard InChI is InChI=1S/C21H16BrNO2/c22-17-11-12-19-18(13-17)21(25-14-20(24)23-19,15-7-3-1-4-8-15)16-9-5-2-6-10-16/h1-13H,14H2,(H,23,24). The molecule has 4 rings (SSSR count). The van der Waals surface area contributed by atoms with Gasteiger partial charge in [0.25, 0.3) is 0 Å². The summed E-state index contributed by atoms with van der Waals surface area (Å²) in [6.45, 7) is -0.0178. The molecule has 1 aliphatic heterocycles. The predicted molar refractivity (Wildman–Crippen MR) is 101 cm³/mol. The number of ether oxygens (including phenoxy) is 1. The highest BCUT2D eigenvalue weighted by Gasteiger charge is 2.42. The van der Waals surface area contributed by atoms with Crippen LogP contribution in [0.1, 0.15) is 16.7 Å². The van der Waals surface area contributed by atoms with Gasteiger partial charge in [-0.1, -0.05) is 76.6 Å². The molecule has 0 fully saturated rings. The van der Waals surface area contributed by atoms with E-state index in [1.165, 1.54) is 0 Å². The van der Waals surface area contributed by atoms with E-state index in [1.54, 1.807) is 0 Å². The SMILES string of the molecule is O=C1COC(c2ccccc2)(c2ccccc2)c2cc(Br)ccc2N1. The maximum Gasteiger partial charge on any atom is 0.250 e. The van der Waals surface area contributed by atoms with Crippen molar-refractivity contribution in [2.75, 3.05) is 11.9 Å². The molecule has 3 aromatic carbocycles. The molecule has 1 aliphatic rings. The quantitative estimate of drug-likeness (QED) is 0.684. The Morgan fingerprint density at radius 1 is 0.880 bits per heavy atom. The van der Waals surface area contributed by atoms with Crippen LogP contribution in [0.2, 0.25) is 0 Å². The van der Waals surface area contributed by atoms with Gasteiger partial charge in [0, 0.05) is 15.7 Å². The number of anilines is 1. The molecule has 0 aromatic heterocycles. The van der Waals surface area contributed by atoms with Gasteiger partial charge in [-0.15, -0.1) is 0 Å². The highest BCUT2D eigenvalue weighted by atomic mass is 79.9. The van der Waals surface area contributed by atoms with Gasteiger partial charge in [-0.25, -0.2) is 0 Å². The molecule has 4 heteroatoms. The number of halogens is 1. The Bertz CT molecular complexity index is 870. The fourth-order valence-electron chi connectivity index (χ4n) is 3.34. The second-order valence-electron chi connectivity index (χ2n) is 5.94. The monoisotopic (exact) mass is 393 g/mol. The molecule has 0 saturated carbocycles. The Balaban J connectivity index is 2.08. The van der Waals surface area contributed by atoms with Crippen molar-refractivity contribution in [3.8, 4) is 0 Å². The van der Waals surface area contributed by atoms with Gasteiger partial charge in [-0.2, -0.15) is 0 Å². The number of benzene rings is 3. The molecule has 0 saturated heterocycles. The zero-order valence-corrected chi connectivity index (χ0v) is 15.0. The Morgan fingerprint density at radius 2 is 1.48 bits per heavy atom. The average molecular weight is 394 g/mol. The van der Waals surface area contributed by atoms with Gasteiger partial charge in [0.2, 0.25) is 5.91 Å². The largest absolute Gasteiger partial charge is 0.351 e. The Morgan fingerprint density at radius 3 is 2.08 bits per heavy atom. The summed E-state index contributed by atoms with van der Waals surface area (Å²) in [4.78, 5) is 12.2. The normalized spacial score (nSPS) is 15.8. The second kappa shape index (κ2) is 6.47. The predicted octanol–water partition coefficient (Wildman–Crippen LogP) is 4.71. The van der Waals surface area contributed by atoms with E-state index in [4.69, 9.17) is 4.74 Å². The van der Waals surface area contributed by atoms with E-state index in [-0.39, 0.29) is 12.5 Å². The van der Waals surface area contributed by atoms with Crippen LogP contribution in [0.4, 0.5) is 5.69 Å². The van der Waals surface area contributed by atoms with Crippen molar-refractivity contribution in [3.63, 3.8) is 0 Å². The van der Waals surface area contributed by atoms with Gasteiger partial charge in [0.05, 0.1) is 0 Å². The molecule has 1 N–H and O–H groups in total. The molecular weight excluding hydrogens is 378 g/mol. The van der Waals surface area contributed by atoms with Crippen LogP contribution in [0.3, 0.4) is 0 Å². The van der Waals surface area contributed by atoms with Crippen molar-refractivity contribution < 1.29 is 9.53 Å². The summed E-state index contributed by atoms with van der Waals surface area (Å²) in [5, 5.41) is 2.96. The summed E-state index contributed by atoms with van der Waals surface area (Å²) in [6, 6.07) is 25.9. The molecule has 3 aromatic rings. The second-order valence-corrected chi connectivity index (χ2v) is 6.86. The molecule has 3 nitrogen and oxygen atoms in total. The third-order valence-electron chi connectivity index (χ3n) is 4.42. The van der Waals surface area contributed by atoms with Gasteiger partial charge in [0.15, 0.2) is 0 Å². The molecular formula is C21H16BrNO2. The van der Waals surface area contributed by atoms with E-state index < -0.39 is 5.60 Å². The molecule has 0 bridgehead atoms. The lowest BCUT2D eigenvalue weighted by atomic mass is 9.79. The summed E-state index contributed by atoms with van der Waals surface area (Å²) in [7, 11) is 0. The van der Waals surface area contributed by atoms with Crippen LogP contribution in [0.15, 0.2) is 83.3 Å². The van der Waals surface area contributed by atoms with Crippen molar-refractivity contribution in [3.05, 3.63) is 100 Å². The van der Waals surface area contributed by atoms with E-state index in [0.29, 0.717) is 0 Å². The third-order valence-corrected chi connectivity index (χ3v) is 4.91. The van der Waals surface area contributed by atoms with Crippen LogP contribution < -0.4 is 5.32 Å². The number of rotatable bonds is 2. The van der Waals surface area contributed by atoms with Crippen LogP contribution in [0, 0.1) is 0 Å². The van der Waals surface area contributed by atoms with Crippen LogP contribution >= 0.6 is 15.9 Å². The minimum absolute atomic E-state index is 0.0178. The Hall–Kier alpha value is -2.43. The molecule has 0 aliphatic carbocycles. The average Bonchev–Trinajstić information content (AvgIpc) is 2.80. The van der Waals surface area contributed by atoms with Crippen molar-refractivity contribution in [2.24, 2.45) is 0 Å². The summed E-state index contributed by atoms with van der Waals surface area (Å²) in [5.41, 5.74) is 2.78. The zero-order valence-electron chi connectivity index (χ0n) is 13.4. The summed E-state index contributed by atoms with van der Waals surface area (Å²) in [6.07, 6.45) is 0. The smallest absolute Gasteiger partial charge is 0.250 e. The van der Waals surface area contributed by atoms with E-state index in [0.717, 1.165) is 26.9 Å². The molecule has 0 unspecified atom stereocenters. The Labute approximate surface area is 154 Å². The number of nitrogens with one attached hydrogen (secondary N) is 1. The summed E-state index contributed by atoms with van der Waals surface area (Å²) < 4.78 is 7.26. The van der Waals surface area contributed by atoms with E-state index in [2.05, 4.69) is 21.2 Å². The number of hydrogen-bond acceptors (Lipinski definition) is 2. The lowest BCUT2D eigenvalue weighted by Crippen LogP contribution is -2.33. The first-order valence-corrected chi connectivity index (χ1v) is 8.84. The fraction of sp³-hybridized carbons (Fsp3) is 0.0952. The maximum absolute atomic E-state index is 12.2. The number of amides is 1. The molecule has 0 spiro atoms. The van der Waals surface area contributed by atoms with Crippen molar-refractivity contribution >= 4 is 27.5 Å². The fourth-order valence-corrected chi connectivity index (χ4v) is 3.71. The number of hydrogen-bond donors (Lipinski definition) is 1. The third kappa shape index (κ3) is 2.77. The number of carbonyl (C=O) groups excluding carboxylic acids is 1. The molecule has 0 radical (unpaired) electrons. The Kier molecular flexibility index (Phi) is 4.15. The van der Waals surface area contributed by atoms with Gasteiger partial charge in [-0.05, 0) is 29.3 Å². The first kappa shape index (κ1) is 16.1. The van der Waals surface area contributed by atoms with E-state index >= 15 is 0 Å². The van der Waals surface area contributed by atoms with Crippen molar-refractivity contribution in [1.82, 2.24) is 0 Å². The highest BCUT2D eigenvalue weighted by molar-refractivity contribution is 9.10. The highest BCUT2D eigenvalue weighted by Crippen LogP contribution is 2.45. The van der Waals surface area contributed by atoms with Gasteiger partial charge in [0.1, 0.15) is 12.2 Å². The lowest BCUT2D eigenvalue weighted by Gasteiger charge is -2.35. The molecule has 1 heterocycles. The molecule has 25 heavy (non-hydrogen) atoms. The molecule has 0 atom stereocenters. The summed E-state index contributed by atoms with van der Waals surface area (Å²) >= 11 is 3.56. The van der Waals surface area contributed by atoms with Gasteiger partial charge in [-0.3, -0.25) is 4.79 Å². The molecule has 1 amide bonds. The van der Waals surface area contributed by atoms with Gasteiger partial charge < -0.3 is 10.1 Å². The lowest BCUT2D eigenvalue weighted by molar-refractivity contribution is -0.123. The van der Waals surface area contributed by atoms with Crippen LogP contribution in [-0.2, 0) is 15.1 Å². The van der Waals surface area contributed by atoms with Crippen LogP contribution in [0.25, 0.3) is 0 Å². The maximum atomic E-state index is 12.2. The zero-order chi connectivity index (χ0) is 17.3. The van der Waals surface area contributed by atoms with Gasteiger partial charge >= 0.3 is 0 Å². The van der Waals surface area contributed by atoms with E-state index in [9.17, 15) is 4.79 Å².